The van der Waals surface area contributed by atoms with E-state index in [9.17, 15) is 0 Å². The summed E-state index contributed by atoms with van der Waals surface area (Å²) < 4.78 is 5.90. The summed E-state index contributed by atoms with van der Waals surface area (Å²) in [4.78, 5) is 2.33. The second-order valence-electron chi connectivity index (χ2n) is 6.15. The highest BCUT2D eigenvalue weighted by molar-refractivity contribution is 6.31. The average Bonchev–Trinajstić information content (AvgIpc) is 2.37. The quantitative estimate of drug-likeness (QED) is 0.389. The number of morpholine rings is 1. The fourth-order valence-corrected chi connectivity index (χ4v) is 3.08. The van der Waals surface area contributed by atoms with E-state index in [0.717, 1.165) is 25.2 Å². The summed E-state index contributed by atoms with van der Waals surface area (Å²) in [5.74, 6) is 0.0598. The van der Waals surface area contributed by atoms with E-state index in [-0.39, 0.29) is 17.5 Å². The standard InChI is InChI=1S/C15H22ClN3O2/c1-10-7-19(9-15(2,3)21-10)8-12-5-4-11(6-13(12)16)14(17)18-20/h4-6,10,20H,7-9H2,1-3H3,(H2,17,18). The van der Waals surface area contributed by atoms with Gasteiger partial charge in [0.2, 0.25) is 0 Å². The summed E-state index contributed by atoms with van der Waals surface area (Å²) in [5, 5.41) is 12.3. The molecule has 0 bridgehead atoms. The van der Waals surface area contributed by atoms with Crippen molar-refractivity contribution >= 4 is 17.4 Å². The van der Waals surface area contributed by atoms with Crippen LogP contribution in [-0.4, -0.2) is 40.7 Å². The van der Waals surface area contributed by atoms with Crippen LogP contribution in [0.2, 0.25) is 5.02 Å². The fourth-order valence-electron chi connectivity index (χ4n) is 2.84. The minimum Gasteiger partial charge on any atom is -0.409 e. The molecular formula is C15H22ClN3O2. The van der Waals surface area contributed by atoms with Crippen LogP contribution in [0.15, 0.2) is 23.4 Å². The lowest BCUT2D eigenvalue weighted by Crippen LogP contribution is -2.51. The number of ether oxygens (including phenoxy) is 1. The SMILES string of the molecule is CC1CN(Cc2ccc(/C(N)=N/O)cc2Cl)CC(C)(C)O1. The van der Waals surface area contributed by atoms with Crippen LogP contribution < -0.4 is 5.73 Å². The normalized spacial score (nSPS) is 23.2. The predicted octanol–water partition coefficient (Wildman–Crippen LogP) is 2.43. The summed E-state index contributed by atoms with van der Waals surface area (Å²) in [5.41, 5.74) is 7.05. The average molecular weight is 312 g/mol. The van der Waals surface area contributed by atoms with Gasteiger partial charge in [0, 0.05) is 30.2 Å². The molecule has 116 valence electrons. The number of hydrogen-bond acceptors (Lipinski definition) is 4. The maximum Gasteiger partial charge on any atom is 0.170 e. The third kappa shape index (κ3) is 4.09. The molecule has 0 aliphatic carbocycles. The molecule has 3 N–H and O–H groups in total. The second kappa shape index (κ2) is 6.22. The molecule has 1 atom stereocenters. The van der Waals surface area contributed by atoms with Gasteiger partial charge in [-0.15, -0.1) is 0 Å². The van der Waals surface area contributed by atoms with Crippen LogP contribution >= 0.6 is 11.6 Å². The zero-order valence-electron chi connectivity index (χ0n) is 12.6. The second-order valence-corrected chi connectivity index (χ2v) is 6.56. The first-order valence-electron chi connectivity index (χ1n) is 6.97. The van der Waals surface area contributed by atoms with Gasteiger partial charge in [0.05, 0.1) is 11.7 Å². The number of amidine groups is 1. The molecule has 1 heterocycles. The fraction of sp³-hybridized carbons (Fsp3) is 0.533. The third-order valence-corrected chi connectivity index (χ3v) is 3.84. The molecule has 0 radical (unpaired) electrons. The van der Waals surface area contributed by atoms with Crippen molar-refractivity contribution in [3.8, 4) is 0 Å². The van der Waals surface area contributed by atoms with Gasteiger partial charge in [-0.2, -0.15) is 0 Å². The van der Waals surface area contributed by atoms with E-state index in [0.29, 0.717) is 10.6 Å². The van der Waals surface area contributed by atoms with Crippen molar-refractivity contribution in [1.29, 1.82) is 0 Å². The van der Waals surface area contributed by atoms with Gasteiger partial charge >= 0.3 is 0 Å². The first kappa shape index (κ1) is 16.1. The molecule has 0 saturated carbocycles. The molecule has 6 heteroatoms. The van der Waals surface area contributed by atoms with Crippen molar-refractivity contribution in [2.75, 3.05) is 13.1 Å². The number of nitrogens with two attached hydrogens (primary N) is 1. The van der Waals surface area contributed by atoms with Crippen molar-refractivity contribution in [3.05, 3.63) is 34.3 Å². The summed E-state index contributed by atoms with van der Waals surface area (Å²) in [6.07, 6.45) is 0.198. The van der Waals surface area contributed by atoms with Crippen LogP contribution in [0.5, 0.6) is 0 Å². The van der Waals surface area contributed by atoms with Crippen molar-refractivity contribution in [2.45, 2.75) is 39.0 Å². The molecule has 1 aliphatic rings. The van der Waals surface area contributed by atoms with Gasteiger partial charge in [-0.05, 0) is 32.4 Å². The molecule has 1 aromatic rings. The number of hydrogen-bond donors (Lipinski definition) is 2. The van der Waals surface area contributed by atoms with Gasteiger partial charge in [-0.25, -0.2) is 0 Å². The number of halogens is 1. The molecule has 1 aromatic carbocycles. The van der Waals surface area contributed by atoms with Crippen LogP contribution in [0.1, 0.15) is 31.9 Å². The predicted molar refractivity (Wildman–Crippen MR) is 83.9 cm³/mol. The molecule has 1 aliphatic heterocycles. The largest absolute Gasteiger partial charge is 0.409 e. The van der Waals surface area contributed by atoms with Crippen LogP contribution in [0.3, 0.4) is 0 Å². The molecule has 2 rings (SSSR count). The Hall–Kier alpha value is -1.30. The maximum atomic E-state index is 8.69. The summed E-state index contributed by atoms with van der Waals surface area (Å²) >= 11 is 6.31. The molecule has 5 nitrogen and oxygen atoms in total. The smallest absolute Gasteiger partial charge is 0.170 e. The molecule has 1 saturated heterocycles. The Morgan fingerprint density at radius 3 is 2.86 bits per heavy atom. The molecule has 1 unspecified atom stereocenters. The number of nitrogens with zero attached hydrogens (tertiary/aromatic N) is 2. The molecule has 1 fully saturated rings. The van der Waals surface area contributed by atoms with E-state index >= 15 is 0 Å². The maximum absolute atomic E-state index is 8.69. The van der Waals surface area contributed by atoms with E-state index < -0.39 is 0 Å². The highest BCUT2D eigenvalue weighted by Gasteiger charge is 2.31. The minimum absolute atomic E-state index is 0.0598. The van der Waals surface area contributed by atoms with Crippen molar-refractivity contribution in [1.82, 2.24) is 4.90 Å². The Kier molecular flexibility index (Phi) is 4.76. The van der Waals surface area contributed by atoms with Gasteiger partial charge in [-0.3, -0.25) is 4.90 Å². The first-order chi connectivity index (χ1) is 9.80. The van der Waals surface area contributed by atoms with E-state index in [1.165, 1.54) is 0 Å². The number of oxime groups is 1. The highest BCUT2D eigenvalue weighted by atomic mass is 35.5. The van der Waals surface area contributed by atoms with Gasteiger partial charge < -0.3 is 15.7 Å². The Bertz CT molecular complexity index is 546. The van der Waals surface area contributed by atoms with Gasteiger partial charge in [-0.1, -0.05) is 28.9 Å². The number of benzene rings is 1. The lowest BCUT2D eigenvalue weighted by atomic mass is 10.0. The highest BCUT2D eigenvalue weighted by Crippen LogP contribution is 2.25. The van der Waals surface area contributed by atoms with E-state index in [1.807, 2.05) is 12.1 Å². The van der Waals surface area contributed by atoms with Crippen LogP contribution in [0.25, 0.3) is 0 Å². The van der Waals surface area contributed by atoms with E-state index in [4.69, 9.17) is 27.3 Å². The third-order valence-electron chi connectivity index (χ3n) is 3.49. The Balaban J connectivity index is 2.13. The van der Waals surface area contributed by atoms with Crippen molar-refractivity contribution in [3.63, 3.8) is 0 Å². The van der Waals surface area contributed by atoms with Crippen LogP contribution in [0, 0.1) is 0 Å². The van der Waals surface area contributed by atoms with Crippen molar-refractivity contribution in [2.24, 2.45) is 10.9 Å². The first-order valence-corrected chi connectivity index (χ1v) is 7.35. The van der Waals surface area contributed by atoms with Crippen LogP contribution in [-0.2, 0) is 11.3 Å². The summed E-state index contributed by atoms with van der Waals surface area (Å²) in [6.45, 7) is 8.76. The Morgan fingerprint density at radius 2 is 2.29 bits per heavy atom. The van der Waals surface area contributed by atoms with E-state index in [1.54, 1.807) is 6.07 Å². The molecule has 21 heavy (non-hydrogen) atoms. The molecule has 0 amide bonds. The zero-order valence-corrected chi connectivity index (χ0v) is 13.4. The lowest BCUT2D eigenvalue weighted by Gasteiger charge is -2.41. The zero-order chi connectivity index (χ0) is 15.6. The van der Waals surface area contributed by atoms with Crippen molar-refractivity contribution < 1.29 is 9.94 Å². The topological polar surface area (TPSA) is 71.1 Å². The van der Waals surface area contributed by atoms with Gasteiger partial charge in [0.15, 0.2) is 5.84 Å². The minimum atomic E-state index is -0.155. The van der Waals surface area contributed by atoms with Gasteiger partial charge in [0.1, 0.15) is 0 Å². The van der Waals surface area contributed by atoms with E-state index in [2.05, 4.69) is 30.8 Å². The Morgan fingerprint density at radius 1 is 1.57 bits per heavy atom. The number of rotatable bonds is 3. The molecule has 0 aromatic heterocycles. The monoisotopic (exact) mass is 311 g/mol. The molecule has 0 spiro atoms. The summed E-state index contributed by atoms with van der Waals surface area (Å²) in [7, 11) is 0. The Labute approximate surface area is 130 Å². The lowest BCUT2D eigenvalue weighted by molar-refractivity contribution is -0.130. The molecular weight excluding hydrogens is 290 g/mol. The van der Waals surface area contributed by atoms with Crippen LogP contribution in [0.4, 0.5) is 0 Å². The van der Waals surface area contributed by atoms with Gasteiger partial charge in [0.25, 0.3) is 0 Å². The summed E-state index contributed by atoms with van der Waals surface area (Å²) in [6, 6.07) is 5.45.